The summed E-state index contributed by atoms with van der Waals surface area (Å²) in [4.78, 5) is 13.4. The summed E-state index contributed by atoms with van der Waals surface area (Å²) in [5.74, 6) is 0.313. The van der Waals surface area contributed by atoms with Crippen LogP contribution in [-0.2, 0) is 4.79 Å². The predicted molar refractivity (Wildman–Crippen MR) is 51.1 cm³/mol. The number of ketones is 1. The zero-order valence-corrected chi connectivity index (χ0v) is 8.34. The zero-order chi connectivity index (χ0) is 9.56. The molecule has 1 atom stereocenters. The van der Waals surface area contributed by atoms with Crippen molar-refractivity contribution in [3.63, 3.8) is 0 Å². The SMILES string of the molecule is CCC(=O)[C@@H](CCCN)N(C)C. The molecule has 0 aromatic heterocycles. The molecule has 0 rings (SSSR count). The van der Waals surface area contributed by atoms with Crippen LogP contribution in [0.3, 0.4) is 0 Å². The third-order valence-corrected chi connectivity index (χ3v) is 2.03. The highest BCUT2D eigenvalue weighted by atomic mass is 16.1. The van der Waals surface area contributed by atoms with Crippen molar-refractivity contribution in [2.75, 3.05) is 20.6 Å². The van der Waals surface area contributed by atoms with Crippen molar-refractivity contribution in [2.24, 2.45) is 5.73 Å². The Bertz CT molecular complexity index is 134. The van der Waals surface area contributed by atoms with E-state index in [1.807, 2.05) is 25.9 Å². The number of nitrogens with zero attached hydrogens (tertiary/aromatic N) is 1. The first-order valence-corrected chi connectivity index (χ1v) is 4.52. The number of carbonyl (C=O) groups is 1. The minimum absolute atomic E-state index is 0.0681. The second-order valence-electron chi connectivity index (χ2n) is 3.23. The normalized spacial score (nSPS) is 13.4. The molecule has 2 N–H and O–H groups in total. The standard InChI is InChI=1S/C9H20N2O/c1-4-9(12)8(11(2)3)6-5-7-10/h8H,4-7,10H2,1-3H3/t8-/m1/s1. The van der Waals surface area contributed by atoms with Crippen LogP contribution in [0.4, 0.5) is 0 Å². The zero-order valence-electron chi connectivity index (χ0n) is 8.34. The number of hydrogen-bond acceptors (Lipinski definition) is 3. The second kappa shape index (κ2) is 6.14. The Balaban J connectivity index is 3.95. The molecule has 0 spiro atoms. The van der Waals surface area contributed by atoms with Crippen LogP contribution < -0.4 is 5.73 Å². The lowest BCUT2D eigenvalue weighted by molar-refractivity contribution is -0.123. The molecule has 72 valence electrons. The van der Waals surface area contributed by atoms with Gasteiger partial charge in [-0.05, 0) is 33.5 Å². The fourth-order valence-electron chi connectivity index (χ4n) is 1.25. The van der Waals surface area contributed by atoms with Crippen molar-refractivity contribution >= 4 is 5.78 Å². The second-order valence-corrected chi connectivity index (χ2v) is 3.23. The predicted octanol–water partition coefficient (Wildman–Crippen LogP) is 0.635. The van der Waals surface area contributed by atoms with Gasteiger partial charge in [0.1, 0.15) is 5.78 Å². The van der Waals surface area contributed by atoms with E-state index >= 15 is 0 Å². The van der Waals surface area contributed by atoms with Crippen molar-refractivity contribution in [1.29, 1.82) is 0 Å². The molecule has 0 amide bonds. The van der Waals surface area contributed by atoms with E-state index in [2.05, 4.69) is 0 Å². The van der Waals surface area contributed by atoms with Gasteiger partial charge in [0.15, 0.2) is 0 Å². The Kier molecular flexibility index (Phi) is 5.93. The van der Waals surface area contributed by atoms with Crippen LogP contribution in [-0.4, -0.2) is 37.4 Å². The molecule has 0 aromatic carbocycles. The summed E-state index contributed by atoms with van der Waals surface area (Å²) in [6.45, 7) is 2.57. The lowest BCUT2D eigenvalue weighted by atomic mass is 10.0. The van der Waals surface area contributed by atoms with Crippen LogP contribution >= 0.6 is 0 Å². The molecule has 0 unspecified atom stereocenters. The average molecular weight is 172 g/mol. The fraction of sp³-hybridized carbons (Fsp3) is 0.889. The Hall–Kier alpha value is -0.410. The largest absolute Gasteiger partial charge is 0.330 e. The van der Waals surface area contributed by atoms with Gasteiger partial charge < -0.3 is 5.73 Å². The van der Waals surface area contributed by atoms with Crippen LogP contribution in [0.1, 0.15) is 26.2 Å². The molecule has 0 saturated heterocycles. The van der Waals surface area contributed by atoms with Gasteiger partial charge in [-0.3, -0.25) is 9.69 Å². The monoisotopic (exact) mass is 172 g/mol. The lowest BCUT2D eigenvalue weighted by Gasteiger charge is -2.22. The van der Waals surface area contributed by atoms with E-state index in [0.29, 0.717) is 18.7 Å². The summed E-state index contributed by atoms with van der Waals surface area (Å²) in [6, 6.07) is 0.0681. The van der Waals surface area contributed by atoms with Gasteiger partial charge in [-0.15, -0.1) is 0 Å². The van der Waals surface area contributed by atoms with E-state index in [1.54, 1.807) is 0 Å². The van der Waals surface area contributed by atoms with Crippen LogP contribution in [0.2, 0.25) is 0 Å². The first-order chi connectivity index (χ1) is 5.63. The molecule has 0 radical (unpaired) electrons. The van der Waals surface area contributed by atoms with Gasteiger partial charge in [0.05, 0.1) is 6.04 Å². The van der Waals surface area contributed by atoms with Gasteiger partial charge >= 0.3 is 0 Å². The van der Waals surface area contributed by atoms with E-state index in [0.717, 1.165) is 12.8 Å². The first-order valence-electron chi connectivity index (χ1n) is 4.52. The van der Waals surface area contributed by atoms with Crippen LogP contribution in [0, 0.1) is 0 Å². The van der Waals surface area contributed by atoms with Crippen LogP contribution in [0.25, 0.3) is 0 Å². The highest BCUT2D eigenvalue weighted by Crippen LogP contribution is 2.05. The van der Waals surface area contributed by atoms with E-state index in [9.17, 15) is 4.79 Å². The van der Waals surface area contributed by atoms with Crippen molar-refractivity contribution in [3.05, 3.63) is 0 Å². The van der Waals surface area contributed by atoms with Gasteiger partial charge in [0.25, 0.3) is 0 Å². The summed E-state index contributed by atoms with van der Waals surface area (Å²) in [6.07, 6.45) is 2.43. The van der Waals surface area contributed by atoms with Gasteiger partial charge in [-0.25, -0.2) is 0 Å². The van der Waals surface area contributed by atoms with E-state index < -0.39 is 0 Å². The van der Waals surface area contributed by atoms with Gasteiger partial charge in [-0.1, -0.05) is 6.92 Å². The van der Waals surface area contributed by atoms with Crippen LogP contribution in [0.15, 0.2) is 0 Å². The molecule has 0 saturated carbocycles. The minimum Gasteiger partial charge on any atom is -0.330 e. The molecule has 3 nitrogen and oxygen atoms in total. The maximum atomic E-state index is 11.4. The lowest BCUT2D eigenvalue weighted by Crippen LogP contribution is -2.35. The number of likely N-dealkylation sites (N-methyl/N-ethyl adjacent to an activating group) is 1. The third kappa shape index (κ3) is 3.83. The van der Waals surface area contributed by atoms with Gasteiger partial charge in [0.2, 0.25) is 0 Å². The Morgan fingerprint density at radius 3 is 2.42 bits per heavy atom. The Morgan fingerprint density at radius 1 is 1.50 bits per heavy atom. The smallest absolute Gasteiger partial charge is 0.149 e. The molecule has 3 heteroatoms. The van der Waals surface area contributed by atoms with Crippen molar-refractivity contribution < 1.29 is 4.79 Å². The third-order valence-electron chi connectivity index (χ3n) is 2.03. The highest BCUT2D eigenvalue weighted by Gasteiger charge is 2.17. The number of carbonyl (C=O) groups excluding carboxylic acids is 1. The quantitative estimate of drug-likeness (QED) is 0.639. The van der Waals surface area contributed by atoms with E-state index in [4.69, 9.17) is 5.73 Å². The summed E-state index contributed by atoms with van der Waals surface area (Å²) >= 11 is 0. The number of nitrogens with two attached hydrogens (primary N) is 1. The molecule has 0 bridgehead atoms. The highest BCUT2D eigenvalue weighted by molar-refractivity contribution is 5.83. The van der Waals surface area contributed by atoms with E-state index in [1.165, 1.54) is 0 Å². The molecule has 0 fully saturated rings. The summed E-state index contributed by atoms with van der Waals surface area (Å²) < 4.78 is 0. The average Bonchev–Trinajstić information content (AvgIpc) is 2.04. The topological polar surface area (TPSA) is 46.3 Å². The maximum Gasteiger partial charge on any atom is 0.149 e. The number of hydrogen-bond donors (Lipinski definition) is 1. The number of rotatable bonds is 6. The number of Topliss-reactive ketones (excluding diaryl/α,β-unsaturated/α-hetero) is 1. The molecule has 0 aliphatic heterocycles. The molecular weight excluding hydrogens is 152 g/mol. The molecule has 12 heavy (non-hydrogen) atoms. The Morgan fingerprint density at radius 2 is 2.08 bits per heavy atom. The van der Waals surface area contributed by atoms with Gasteiger partial charge in [-0.2, -0.15) is 0 Å². The van der Waals surface area contributed by atoms with Crippen molar-refractivity contribution in [3.8, 4) is 0 Å². The molecule has 0 aliphatic carbocycles. The molecule has 0 heterocycles. The van der Waals surface area contributed by atoms with Crippen molar-refractivity contribution in [2.45, 2.75) is 32.2 Å². The van der Waals surface area contributed by atoms with Crippen LogP contribution in [0.5, 0.6) is 0 Å². The van der Waals surface area contributed by atoms with Crippen molar-refractivity contribution in [1.82, 2.24) is 4.90 Å². The maximum absolute atomic E-state index is 11.4. The summed E-state index contributed by atoms with van der Waals surface area (Å²) in [7, 11) is 3.88. The van der Waals surface area contributed by atoms with E-state index in [-0.39, 0.29) is 6.04 Å². The Labute approximate surface area is 74.9 Å². The molecular formula is C9H20N2O. The van der Waals surface area contributed by atoms with Gasteiger partial charge in [0, 0.05) is 6.42 Å². The molecule has 0 aromatic rings. The summed E-state index contributed by atoms with van der Waals surface area (Å²) in [5.41, 5.74) is 5.39. The first kappa shape index (κ1) is 11.6. The molecule has 0 aliphatic rings. The summed E-state index contributed by atoms with van der Waals surface area (Å²) in [5, 5.41) is 0. The minimum atomic E-state index is 0.0681. The fourth-order valence-corrected chi connectivity index (χ4v) is 1.25.